The fourth-order valence-corrected chi connectivity index (χ4v) is 2.79. The number of benzene rings is 2. The second-order valence-corrected chi connectivity index (χ2v) is 5.92. The van der Waals surface area contributed by atoms with Gasteiger partial charge in [0.05, 0.1) is 34.3 Å². The number of aromatic amines is 1. The molecule has 0 radical (unpaired) electrons. The van der Waals surface area contributed by atoms with Crippen molar-refractivity contribution in [3.63, 3.8) is 0 Å². The van der Waals surface area contributed by atoms with Gasteiger partial charge >= 0.3 is 0 Å². The molecule has 2 N–H and O–H groups in total. The fraction of sp³-hybridized carbons (Fsp3) is 0.0500. The van der Waals surface area contributed by atoms with Crippen LogP contribution < -0.4 is 5.32 Å². The minimum Gasteiger partial charge on any atom is -0.345 e. The highest BCUT2D eigenvalue weighted by Gasteiger charge is 2.12. The molecule has 6 heteroatoms. The Kier molecular flexibility index (Phi) is 3.93. The van der Waals surface area contributed by atoms with Crippen molar-refractivity contribution in [1.82, 2.24) is 15.0 Å². The van der Waals surface area contributed by atoms with Crippen molar-refractivity contribution in [1.29, 1.82) is 0 Å². The fourth-order valence-electron chi connectivity index (χ4n) is 2.79. The summed E-state index contributed by atoms with van der Waals surface area (Å²) in [6.45, 7) is 1.78. The maximum absolute atomic E-state index is 13.1. The highest BCUT2D eigenvalue weighted by atomic mass is 19.1. The maximum Gasteiger partial charge on any atom is 0.257 e. The number of H-pyrrole nitrogens is 1. The molecule has 0 saturated heterocycles. The lowest BCUT2D eigenvalue weighted by molar-refractivity contribution is 0.102. The predicted molar refractivity (Wildman–Crippen MR) is 98.4 cm³/mol. The summed E-state index contributed by atoms with van der Waals surface area (Å²) in [5.74, 6) is -0.532. The third-order valence-corrected chi connectivity index (χ3v) is 4.15. The van der Waals surface area contributed by atoms with Crippen LogP contribution in [0.2, 0.25) is 0 Å². The van der Waals surface area contributed by atoms with E-state index in [1.807, 2.05) is 12.1 Å². The van der Waals surface area contributed by atoms with E-state index in [2.05, 4.69) is 20.3 Å². The summed E-state index contributed by atoms with van der Waals surface area (Å²) in [5, 5.41) is 2.87. The zero-order chi connectivity index (χ0) is 18.1. The van der Waals surface area contributed by atoms with Crippen LogP contribution in [-0.4, -0.2) is 20.9 Å². The van der Waals surface area contributed by atoms with E-state index in [0.29, 0.717) is 22.6 Å². The predicted octanol–water partition coefficient (Wildman–Crippen LogP) is 4.32. The van der Waals surface area contributed by atoms with Gasteiger partial charge in [-0.15, -0.1) is 0 Å². The number of imidazole rings is 1. The van der Waals surface area contributed by atoms with Gasteiger partial charge in [-0.25, -0.2) is 9.37 Å². The lowest BCUT2D eigenvalue weighted by atomic mass is 10.1. The highest BCUT2D eigenvalue weighted by molar-refractivity contribution is 6.05. The quantitative estimate of drug-likeness (QED) is 0.580. The van der Waals surface area contributed by atoms with E-state index < -0.39 is 0 Å². The molecule has 2 aromatic heterocycles. The number of carbonyl (C=O) groups excluding carboxylic acids is 1. The molecule has 0 fully saturated rings. The molecule has 128 valence electrons. The molecule has 0 bridgehead atoms. The van der Waals surface area contributed by atoms with Crippen LogP contribution in [0.4, 0.5) is 10.1 Å². The van der Waals surface area contributed by atoms with Crippen LogP contribution in [0.3, 0.4) is 0 Å². The Morgan fingerprint density at radius 1 is 1.08 bits per heavy atom. The monoisotopic (exact) mass is 346 g/mol. The molecule has 0 atom stereocenters. The largest absolute Gasteiger partial charge is 0.345 e. The molecule has 0 unspecified atom stereocenters. The molecule has 0 aliphatic carbocycles. The third-order valence-electron chi connectivity index (χ3n) is 4.15. The molecule has 2 heterocycles. The van der Waals surface area contributed by atoms with Gasteiger partial charge in [0, 0.05) is 11.3 Å². The Labute approximate surface area is 148 Å². The van der Waals surface area contributed by atoms with Crippen LogP contribution in [0.15, 0.2) is 60.9 Å². The van der Waals surface area contributed by atoms with Crippen LogP contribution in [-0.2, 0) is 0 Å². The number of hydrogen-bond donors (Lipinski definition) is 2. The highest BCUT2D eigenvalue weighted by Crippen LogP contribution is 2.21. The van der Waals surface area contributed by atoms with Crippen molar-refractivity contribution >= 4 is 22.6 Å². The lowest BCUT2D eigenvalue weighted by Gasteiger charge is -2.09. The van der Waals surface area contributed by atoms with Crippen LogP contribution in [0.1, 0.15) is 16.1 Å². The summed E-state index contributed by atoms with van der Waals surface area (Å²) in [4.78, 5) is 24.2. The number of rotatable bonds is 3. The van der Waals surface area contributed by atoms with Crippen molar-refractivity contribution in [3.05, 3.63) is 78.0 Å². The summed E-state index contributed by atoms with van der Waals surface area (Å²) in [6.07, 6.45) is 1.61. The molecule has 26 heavy (non-hydrogen) atoms. The minimum absolute atomic E-state index is 0.237. The van der Waals surface area contributed by atoms with Gasteiger partial charge in [0.25, 0.3) is 5.91 Å². The Hall–Kier alpha value is -3.54. The number of nitrogens with one attached hydrogen (secondary N) is 2. The molecular weight excluding hydrogens is 331 g/mol. The van der Waals surface area contributed by atoms with Crippen molar-refractivity contribution in [2.45, 2.75) is 6.92 Å². The van der Waals surface area contributed by atoms with Crippen molar-refractivity contribution in [2.24, 2.45) is 0 Å². The number of fused-ring (bicyclic) bond motifs is 1. The SMILES string of the molecule is Cc1nc(-c2ccc(F)cc2)ccc1C(=O)Nc1ccc2nc[nH]c2c1. The number of hydrogen-bond acceptors (Lipinski definition) is 3. The van der Waals surface area contributed by atoms with Crippen LogP contribution >= 0.6 is 0 Å². The zero-order valence-corrected chi connectivity index (χ0v) is 14.0. The van der Waals surface area contributed by atoms with Gasteiger partial charge in [0.1, 0.15) is 5.82 Å². The van der Waals surface area contributed by atoms with Gasteiger partial charge in [0.2, 0.25) is 0 Å². The summed E-state index contributed by atoms with van der Waals surface area (Å²) in [7, 11) is 0. The number of aromatic nitrogens is 3. The molecule has 4 aromatic rings. The molecule has 0 aliphatic rings. The third kappa shape index (κ3) is 3.04. The first kappa shape index (κ1) is 16.0. The van der Waals surface area contributed by atoms with Gasteiger partial charge < -0.3 is 10.3 Å². The van der Waals surface area contributed by atoms with Crippen LogP contribution in [0, 0.1) is 12.7 Å². The van der Waals surface area contributed by atoms with Gasteiger partial charge in [-0.1, -0.05) is 0 Å². The molecule has 1 amide bonds. The van der Waals surface area contributed by atoms with E-state index in [0.717, 1.165) is 16.6 Å². The Morgan fingerprint density at radius 2 is 1.88 bits per heavy atom. The van der Waals surface area contributed by atoms with Crippen LogP contribution in [0.5, 0.6) is 0 Å². The van der Waals surface area contributed by atoms with Gasteiger partial charge in [-0.05, 0) is 61.5 Å². The number of anilines is 1. The molecule has 0 saturated carbocycles. The first-order valence-electron chi connectivity index (χ1n) is 8.08. The summed E-state index contributed by atoms with van der Waals surface area (Å²) in [6, 6.07) is 15.1. The molecule has 0 aliphatic heterocycles. The normalized spacial score (nSPS) is 10.8. The van der Waals surface area contributed by atoms with Crippen molar-refractivity contribution in [3.8, 4) is 11.3 Å². The second-order valence-electron chi connectivity index (χ2n) is 5.92. The number of carbonyl (C=O) groups is 1. The molecule has 0 spiro atoms. The molecule has 5 nitrogen and oxygen atoms in total. The van der Waals surface area contributed by atoms with Crippen molar-refractivity contribution in [2.75, 3.05) is 5.32 Å². The van der Waals surface area contributed by atoms with E-state index in [-0.39, 0.29) is 11.7 Å². The van der Waals surface area contributed by atoms with Gasteiger partial charge in [-0.3, -0.25) is 9.78 Å². The average Bonchev–Trinajstić information content (AvgIpc) is 3.10. The Morgan fingerprint density at radius 3 is 2.65 bits per heavy atom. The second kappa shape index (κ2) is 6.40. The Balaban J connectivity index is 1.58. The summed E-state index contributed by atoms with van der Waals surface area (Å²) >= 11 is 0. The number of amides is 1. The summed E-state index contributed by atoms with van der Waals surface area (Å²) in [5.41, 5.74) is 4.94. The topological polar surface area (TPSA) is 70.7 Å². The number of pyridine rings is 1. The average molecular weight is 346 g/mol. The van der Waals surface area contributed by atoms with E-state index in [1.54, 1.807) is 43.6 Å². The van der Waals surface area contributed by atoms with Gasteiger partial charge in [0.15, 0.2) is 0 Å². The first-order chi connectivity index (χ1) is 12.6. The molecule has 4 rings (SSSR count). The maximum atomic E-state index is 13.1. The number of aryl methyl sites for hydroxylation is 1. The van der Waals surface area contributed by atoms with E-state index in [9.17, 15) is 9.18 Å². The van der Waals surface area contributed by atoms with E-state index in [4.69, 9.17) is 0 Å². The van der Waals surface area contributed by atoms with Crippen molar-refractivity contribution < 1.29 is 9.18 Å². The molecular formula is C20H15FN4O. The molecule has 2 aromatic carbocycles. The number of nitrogens with zero attached hydrogens (tertiary/aromatic N) is 2. The van der Waals surface area contributed by atoms with E-state index >= 15 is 0 Å². The standard InChI is InChI=1S/C20H15FN4O/c1-12-16(7-9-17(24-12)13-2-4-14(21)5-3-13)20(26)25-15-6-8-18-19(10-15)23-11-22-18/h2-11H,1H3,(H,22,23)(H,25,26). The lowest BCUT2D eigenvalue weighted by Crippen LogP contribution is -2.14. The Bertz CT molecular complexity index is 1100. The smallest absolute Gasteiger partial charge is 0.257 e. The van der Waals surface area contributed by atoms with Crippen LogP contribution in [0.25, 0.3) is 22.3 Å². The summed E-state index contributed by atoms with van der Waals surface area (Å²) < 4.78 is 13.1. The zero-order valence-electron chi connectivity index (χ0n) is 14.0. The van der Waals surface area contributed by atoms with E-state index in [1.165, 1.54) is 12.1 Å². The minimum atomic E-state index is -0.296. The first-order valence-corrected chi connectivity index (χ1v) is 8.08. The van der Waals surface area contributed by atoms with Gasteiger partial charge in [-0.2, -0.15) is 0 Å². The number of halogens is 1.